The van der Waals surface area contributed by atoms with Gasteiger partial charge in [-0.3, -0.25) is 14.5 Å². The summed E-state index contributed by atoms with van der Waals surface area (Å²) in [4.78, 5) is 31.4. The van der Waals surface area contributed by atoms with Crippen molar-refractivity contribution in [1.29, 1.82) is 0 Å². The Morgan fingerprint density at radius 3 is 2.33 bits per heavy atom. The minimum Gasteiger partial charge on any atom is -0.497 e. The van der Waals surface area contributed by atoms with Gasteiger partial charge in [-0.05, 0) is 36.2 Å². The first-order valence-electron chi connectivity index (χ1n) is 8.99. The van der Waals surface area contributed by atoms with Gasteiger partial charge in [-0.2, -0.15) is 0 Å². The largest absolute Gasteiger partial charge is 0.497 e. The molecule has 3 rings (SSSR count). The van der Waals surface area contributed by atoms with Crippen LogP contribution in [0.2, 0.25) is 0 Å². The number of carbonyl (C=O) groups excluding carboxylic acids is 2. The number of methoxy groups -OCH3 is 1. The summed E-state index contributed by atoms with van der Waals surface area (Å²) in [6.07, 6.45) is 0. The SMILES string of the molecule is COc1ccc(CN(C)CC(=O)N2CCN(C(=O)c3cccs3)CC2)cc1. The third-order valence-corrected chi connectivity index (χ3v) is 5.53. The van der Waals surface area contributed by atoms with Crippen molar-refractivity contribution in [3.8, 4) is 5.75 Å². The van der Waals surface area contributed by atoms with Gasteiger partial charge >= 0.3 is 0 Å². The number of carbonyl (C=O) groups is 2. The number of rotatable bonds is 6. The zero-order valence-electron chi connectivity index (χ0n) is 15.8. The standard InChI is InChI=1S/C20H25N3O3S/c1-21(14-16-5-7-17(26-2)8-6-16)15-19(24)22-9-11-23(12-10-22)20(25)18-4-3-13-27-18/h3-8,13H,9-12,14-15H2,1-2H3. The monoisotopic (exact) mass is 387 g/mol. The molecule has 2 heterocycles. The molecular formula is C20H25N3O3S. The Kier molecular flexibility index (Phi) is 6.47. The maximum Gasteiger partial charge on any atom is 0.264 e. The summed E-state index contributed by atoms with van der Waals surface area (Å²) in [6.45, 7) is 3.42. The highest BCUT2D eigenvalue weighted by molar-refractivity contribution is 7.12. The van der Waals surface area contributed by atoms with E-state index < -0.39 is 0 Å². The number of benzene rings is 1. The number of likely N-dealkylation sites (N-methyl/N-ethyl adjacent to an activating group) is 1. The Bertz CT molecular complexity index is 753. The Morgan fingerprint density at radius 2 is 1.74 bits per heavy atom. The van der Waals surface area contributed by atoms with Crippen LogP contribution in [-0.2, 0) is 11.3 Å². The number of piperazine rings is 1. The number of hydrogen-bond acceptors (Lipinski definition) is 5. The molecular weight excluding hydrogens is 362 g/mol. The number of thiophene rings is 1. The first-order chi connectivity index (χ1) is 13.1. The maximum atomic E-state index is 12.6. The van der Waals surface area contributed by atoms with E-state index in [9.17, 15) is 9.59 Å². The number of hydrogen-bond donors (Lipinski definition) is 0. The minimum absolute atomic E-state index is 0.0636. The van der Waals surface area contributed by atoms with Gasteiger partial charge in [0.15, 0.2) is 0 Å². The molecule has 0 atom stereocenters. The molecule has 0 unspecified atom stereocenters. The Balaban J connectivity index is 1.45. The van der Waals surface area contributed by atoms with E-state index in [0.717, 1.165) is 16.2 Å². The van der Waals surface area contributed by atoms with E-state index in [4.69, 9.17) is 4.74 Å². The molecule has 1 aliphatic rings. The smallest absolute Gasteiger partial charge is 0.264 e. The maximum absolute atomic E-state index is 12.6. The lowest BCUT2D eigenvalue weighted by molar-refractivity contribution is -0.133. The van der Waals surface area contributed by atoms with Crippen LogP contribution in [0.25, 0.3) is 0 Å². The molecule has 1 aromatic heterocycles. The molecule has 6 nitrogen and oxygen atoms in total. The van der Waals surface area contributed by atoms with Crippen LogP contribution in [0.3, 0.4) is 0 Å². The molecule has 27 heavy (non-hydrogen) atoms. The third-order valence-electron chi connectivity index (χ3n) is 4.67. The highest BCUT2D eigenvalue weighted by Crippen LogP contribution is 2.15. The second-order valence-electron chi connectivity index (χ2n) is 6.67. The first-order valence-corrected chi connectivity index (χ1v) is 9.87. The van der Waals surface area contributed by atoms with E-state index in [2.05, 4.69) is 0 Å². The summed E-state index contributed by atoms with van der Waals surface area (Å²) < 4.78 is 5.17. The van der Waals surface area contributed by atoms with E-state index in [1.54, 1.807) is 7.11 Å². The molecule has 2 aromatic rings. The molecule has 144 valence electrons. The fourth-order valence-electron chi connectivity index (χ4n) is 3.14. The van der Waals surface area contributed by atoms with Gasteiger partial charge in [0.05, 0.1) is 18.5 Å². The van der Waals surface area contributed by atoms with Gasteiger partial charge in [-0.15, -0.1) is 11.3 Å². The molecule has 0 spiro atoms. The summed E-state index contributed by atoms with van der Waals surface area (Å²) in [5, 5.41) is 1.91. The van der Waals surface area contributed by atoms with E-state index in [1.165, 1.54) is 11.3 Å². The predicted molar refractivity (Wildman–Crippen MR) is 106 cm³/mol. The van der Waals surface area contributed by atoms with Crippen molar-refractivity contribution in [1.82, 2.24) is 14.7 Å². The van der Waals surface area contributed by atoms with Crippen molar-refractivity contribution in [2.45, 2.75) is 6.54 Å². The molecule has 0 bridgehead atoms. The van der Waals surface area contributed by atoms with Crippen molar-refractivity contribution < 1.29 is 14.3 Å². The second kappa shape index (κ2) is 9.01. The summed E-state index contributed by atoms with van der Waals surface area (Å²) in [6, 6.07) is 11.6. The number of amides is 2. The summed E-state index contributed by atoms with van der Waals surface area (Å²) in [5.41, 5.74) is 1.14. The van der Waals surface area contributed by atoms with Gasteiger partial charge in [0, 0.05) is 32.7 Å². The molecule has 2 amide bonds. The molecule has 1 saturated heterocycles. The van der Waals surface area contributed by atoms with Crippen LogP contribution in [0.4, 0.5) is 0 Å². The van der Waals surface area contributed by atoms with E-state index in [-0.39, 0.29) is 11.8 Å². The molecule has 0 saturated carbocycles. The van der Waals surface area contributed by atoms with Crippen LogP contribution in [0.1, 0.15) is 15.2 Å². The first kappa shape index (κ1) is 19.4. The van der Waals surface area contributed by atoms with Gasteiger partial charge in [0.2, 0.25) is 5.91 Å². The Labute approximate surface area is 163 Å². The summed E-state index contributed by atoms with van der Waals surface area (Å²) in [5.74, 6) is 0.996. The van der Waals surface area contributed by atoms with E-state index in [0.29, 0.717) is 39.3 Å². The normalized spacial score (nSPS) is 14.5. The topological polar surface area (TPSA) is 53.1 Å². The Hall–Kier alpha value is -2.38. The van der Waals surface area contributed by atoms with Gasteiger partial charge < -0.3 is 14.5 Å². The minimum atomic E-state index is 0.0636. The second-order valence-corrected chi connectivity index (χ2v) is 7.62. The van der Waals surface area contributed by atoms with Crippen LogP contribution in [-0.4, -0.2) is 73.4 Å². The zero-order chi connectivity index (χ0) is 19.2. The fourth-order valence-corrected chi connectivity index (χ4v) is 3.84. The molecule has 0 N–H and O–H groups in total. The van der Waals surface area contributed by atoms with Crippen LogP contribution in [0.5, 0.6) is 5.75 Å². The summed E-state index contributed by atoms with van der Waals surface area (Å²) in [7, 11) is 3.59. The highest BCUT2D eigenvalue weighted by Gasteiger charge is 2.25. The van der Waals surface area contributed by atoms with Crippen molar-refractivity contribution >= 4 is 23.2 Å². The van der Waals surface area contributed by atoms with Crippen molar-refractivity contribution in [3.05, 3.63) is 52.2 Å². The summed E-state index contributed by atoms with van der Waals surface area (Å²) >= 11 is 1.46. The van der Waals surface area contributed by atoms with E-state index >= 15 is 0 Å². The molecule has 0 radical (unpaired) electrons. The van der Waals surface area contributed by atoms with Crippen molar-refractivity contribution in [3.63, 3.8) is 0 Å². The molecule has 1 fully saturated rings. The van der Waals surface area contributed by atoms with Gasteiger partial charge in [0.1, 0.15) is 5.75 Å². The lowest BCUT2D eigenvalue weighted by atomic mass is 10.2. The molecule has 7 heteroatoms. The third kappa shape index (κ3) is 5.08. The highest BCUT2D eigenvalue weighted by atomic mass is 32.1. The lowest BCUT2D eigenvalue weighted by Gasteiger charge is -2.35. The fraction of sp³-hybridized carbons (Fsp3) is 0.400. The quantitative estimate of drug-likeness (QED) is 0.762. The van der Waals surface area contributed by atoms with Crippen LogP contribution in [0, 0.1) is 0 Å². The van der Waals surface area contributed by atoms with Gasteiger partial charge in [-0.25, -0.2) is 0 Å². The molecule has 1 aliphatic heterocycles. The number of nitrogens with zero attached hydrogens (tertiary/aromatic N) is 3. The van der Waals surface area contributed by atoms with Crippen LogP contribution < -0.4 is 4.74 Å². The van der Waals surface area contributed by atoms with Crippen molar-refractivity contribution in [2.75, 3.05) is 46.9 Å². The van der Waals surface area contributed by atoms with E-state index in [1.807, 2.05) is 63.5 Å². The van der Waals surface area contributed by atoms with Crippen LogP contribution in [0.15, 0.2) is 41.8 Å². The van der Waals surface area contributed by atoms with Crippen molar-refractivity contribution in [2.24, 2.45) is 0 Å². The number of ether oxygens (including phenoxy) is 1. The molecule has 0 aliphatic carbocycles. The Morgan fingerprint density at radius 1 is 1.07 bits per heavy atom. The van der Waals surface area contributed by atoms with Gasteiger partial charge in [0.25, 0.3) is 5.91 Å². The predicted octanol–water partition coefficient (Wildman–Crippen LogP) is 2.17. The lowest BCUT2D eigenvalue weighted by Crippen LogP contribution is -2.52. The zero-order valence-corrected chi connectivity index (χ0v) is 16.6. The average molecular weight is 388 g/mol. The average Bonchev–Trinajstić information content (AvgIpc) is 3.23. The molecule has 1 aromatic carbocycles. The van der Waals surface area contributed by atoms with Gasteiger partial charge in [-0.1, -0.05) is 18.2 Å². The van der Waals surface area contributed by atoms with Crippen LogP contribution >= 0.6 is 11.3 Å².